The fourth-order valence-electron chi connectivity index (χ4n) is 3.70. The van der Waals surface area contributed by atoms with Crippen LogP contribution in [0.25, 0.3) is 0 Å². The molecule has 2 aromatic rings. The van der Waals surface area contributed by atoms with Crippen LogP contribution >= 0.6 is 10.0 Å². The number of β-amino-alcohol motifs (C(OH)–C–C–N with tert-alkyl or cyclic N) is 1. The van der Waals surface area contributed by atoms with Crippen LogP contribution in [0.3, 0.4) is 0 Å². The van der Waals surface area contributed by atoms with E-state index in [1.54, 1.807) is 31.4 Å². The number of halogens is 1. The maximum absolute atomic E-state index is 14.6. The lowest BCUT2D eigenvalue weighted by Crippen LogP contribution is -2.44. The number of nitrogens with zero attached hydrogens (tertiary/aromatic N) is 1. The van der Waals surface area contributed by atoms with Crippen LogP contribution in [0.4, 0.5) is 14.9 Å². The zero-order chi connectivity index (χ0) is 24.2. The van der Waals surface area contributed by atoms with Gasteiger partial charge in [0.15, 0.2) is 0 Å². The summed E-state index contributed by atoms with van der Waals surface area (Å²) in [5, 5.41) is 15.2. The molecule has 0 aromatic heterocycles. The van der Waals surface area contributed by atoms with Crippen LogP contribution in [-0.4, -0.2) is 67.0 Å². The van der Waals surface area contributed by atoms with Crippen molar-refractivity contribution in [2.24, 2.45) is 0 Å². The van der Waals surface area contributed by atoms with Gasteiger partial charge in [-0.3, -0.25) is 4.79 Å². The normalized spacial score (nSPS) is 17.5. The van der Waals surface area contributed by atoms with Crippen molar-refractivity contribution in [3.63, 3.8) is 0 Å². The predicted molar refractivity (Wildman–Crippen MR) is 129 cm³/mol. The number of aliphatic hydroxyl groups is 1. The van der Waals surface area contributed by atoms with Gasteiger partial charge in [0.25, 0.3) is 5.91 Å². The van der Waals surface area contributed by atoms with E-state index in [9.17, 15) is 19.1 Å². The number of carbonyl (C=O) groups excluding carboxylic acids is 2. The van der Waals surface area contributed by atoms with Crippen molar-refractivity contribution >= 4 is 27.7 Å². The Kier molecular flexibility index (Phi) is 7.99. The second-order valence-corrected chi connectivity index (χ2v) is 13.0. The Morgan fingerprint density at radius 1 is 1.21 bits per heavy atom. The van der Waals surface area contributed by atoms with Gasteiger partial charge < -0.3 is 25.4 Å². The number of aliphatic hydroxyl groups excluding tert-OH is 1. The third-order valence-corrected chi connectivity index (χ3v) is 7.11. The lowest BCUT2D eigenvalue weighted by Gasteiger charge is -2.27. The largest absolute Gasteiger partial charge is 0.391 e. The number of methoxy groups -OCH3 is 1. The van der Waals surface area contributed by atoms with E-state index < -0.39 is 34.1 Å². The zero-order valence-electron chi connectivity index (χ0n) is 19.4. The first-order chi connectivity index (χ1) is 15.6. The summed E-state index contributed by atoms with van der Waals surface area (Å²) < 4.78 is 19.8. The smallest absolute Gasteiger partial charge is 0.318 e. The van der Waals surface area contributed by atoms with Gasteiger partial charge in [0.2, 0.25) is 0 Å². The van der Waals surface area contributed by atoms with Crippen LogP contribution in [0.1, 0.15) is 23.6 Å². The SMILES string of the molecule is COCc1ccc(C(NC(=O)N2CCC(O)C2)C(=O)Nc2ccc(S(C)(C)C)c(F)c2)cc1. The van der Waals surface area contributed by atoms with Crippen LogP contribution in [-0.2, 0) is 16.1 Å². The Balaban J connectivity index is 1.82. The predicted octanol–water partition coefficient (Wildman–Crippen LogP) is 3.48. The summed E-state index contributed by atoms with van der Waals surface area (Å²) in [5.74, 6) is -0.858. The Bertz CT molecular complexity index is 994. The molecular formula is C24H32FN3O4S. The number of ether oxygens (including phenoxy) is 1. The number of urea groups is 1. The Morgan fingerprint density at radius 2 is 1.91 bits per heavy atom. The molecule has 3 rings (SSSR count). The summed E-state index contributed by atoms with van der Waals surface area (Å²) in [6, 6.07) is 10.4. The second-order valence-electron chi connectivity index (χ2n) is 8.92. The number of benzene rings is 2. The standard InChI is InChI=1S/C24H32FN3O4S/c1-32-15-16-5-7-17(8-6-16)22(27-24(31)28-12-11-19(29)14-28)23(30)26-18-9-10-21(20(25)13-18)33(2,3)4/h5-10,13,19,22,29H,11-12,14-15H2,1-4H3,(H,26,30)(H,27,31). The van der Waals surface area contributed by atoms with Crippen LogP contribution in [0, 0.1) is 5.82 Å². The molecule has 2 unspecified atom stereocenters. The van der Waals surface area contributed by atoms with E-state index in [2.05, 4.69) is 10.6 Å². The third kappa shape index (κ3) is 6.46. The lowest BCUT2D eigenvalue weighted by atomic mass is 10.0. The minimum absolute atomic E-state index is 0.217. The summed E-state index contributed by atoms with van der Waals surface area (Å²) in [6.07, 6.45) is 5.92. The Morgan fingerprint density at radius 3 is 2.45 bits per heavy atom. The van der Waals surface area contributed by atoms with E-state index in [1.165, 1.54) is 11.0 Å². The average molecular weight is 478 g/mol. The van der Waals surface area contributed by atoms with E-state index in [1.807, 2.05) is 30.9 Å². The molecule has 3 amide bonds. The molecule has 0 spiro atoms. The van der Waals surface area contributed by atoms with Gasteiger partial charge in [0, 0.05) is 30.8 Å². The quantitative estimate of drug-likeness (QED) is 0.570. The number of likely N-dealkylation sites (tertiary alicyclic amines) is 1. The van der Waals surface area contributed by atoms with Crippen LogP contribution in [0.2, 0.25) is 0 Å². The molecule has 1 saturated heterocycles. The van der Waals surface area contributed by atoms with Gasteiger partial charge >= 0.3 is 6.03 Å². The van der Waals surface area contributed by atoms with Gasteiger partial charge in [-0.2, -0.15) is 0 Å². The average Bonchev–Trinajstić information content (AvgIpc) is 3.18. The molecular weight excluding hydrogens is 445 g/mol. The summed E-state index contributed by atoms with van der Waals surface area (Å²) in [4.78, 5) is 28.1. The van der Waals surface area contributed by atoms with Gasteiger partial charge in [-0.25, -0.2) is 19.2 Å². The molecule has 0 radical (unpaired) electrons. The first-order valence-electron chi connectivity index (χ1n) is 10.7. The van der Waals surface area contributed by atoms with E-state index in [4.69, 9.17) is 4.74 Å². The van der Waals surface area contributed by atoms with Gasteiger partial charge in [0.05, 0.1) is 12.7 Å². The number of nitrogens with one attached hydrogen (secondary N) is 2. The van der Waals surface area contributed by atoms with E-state index in [-0.39, 0.29) is 12.4 Å². The molecule has 0 aliphatic carbocycles. The van der Waals surface area contributed by atoms with E-state index >= 15 is 0 Å². The molecule has 2 atom stereocenters. The molecule has 1 aliphatic heterocycles. The highest BCUT2D eigenvalue weighted by atomic mass is 32.3. The van der Waals surface area contributed by atoms with E-state index in [0.29, 0.717) is 35.7 Å². The minimum atomic E-state index is -1.26. The Labute approximate surface area is 195 Å². The molecule has 1 fully saturated rings. The molecule has 1 heterocycles. The molecule has 0 saturated carbocycles. The molecule has 7 nitrogen and oxygen atoms in total. The molecule has 1 aliphatic rings. The van der Waals surface area contributed by atoms with Crippen molar-refractivity contribution in [2.75, 3.05) is 44.3 Å². The van der Waals surface area contributed by atoms with Crippen LogP contribution < -0.4 is 10.6 Å². The molecule has 180 valence electrons. The zero-order valence-corrected chi connectivity index (χ0v) is 20.2. The topological polar surface area (TPSA) is 90.9 Å². The van der Waals surface area contributed by atoms with Gasteiger partial charge in [-0.1, -0.05) is 24.3 Å². The van der Waals surface area contributed by atoms with Gasteiger partial charge in [-0.05, 0) is 54.5 Å². The maximum atomic E-state index is 14.6. The van der Waals surface area contributed by atoms with E-state index in [0.717, 1.165) is 5.56 Å². The number of hydrogen-bond donors (Lipinski definition) is 3. The summed E-state index contributed by atoms with van der Waals surface area (Å²) >= 11 is 0. The molecule has 33 heavy (non-hydrogen) atoms. The van der Waals surface area contributed by atoms with Gasteiger partial charge in [-0.15, -0.1) is 0 Å². The lowest BCUT2D eigenvalue weighted by molar-refractivity contribution is -0.118. The van der Waals surface area contributed by atoms with Crippen molar-refractivity contribution in [3.05, 3.63) is 59.4 Å². The maximum Gasteiger partial charge on any atom is 0.318 e. The molecule has 3 N–H and O–H groups in total. The highest BCUT2D eigenvalue weighted by Crippen LogP contribution is 2.46. The number of carbonyl (C=O) groups is 2. The number of anilines is 1. The molecule has 2 aromatic carbocycles. The molecule has 0 bridgehead atoms. The van der Waals surface area contributed by atoms with Gasteiger partial charge in [0.1, 0.15) is 11.9 Å². The van der Waals surface area contributed by atoms with Crippen molar-refractivity contribution in [1.82, 2.24) is 10.2 Å². The van der Waals surface area contributed by atoms with Crippen molar-refractivity contribution in [2.45, 2.75) is 30.1 Å². The summed E-state index contributed by atoms with van der Waals surface area (Å²) in [5.41, 5.74) is 1.82. The Hall–Kier alpha value is -2.62. The van der Waals surface area contributed by atoms with Crippen LogP contribution in [0.5, 0.6) is 0 Å². The summed E-state index contributed by atoms with van der Waals surface area (Å²) in [7, 11) is 0.340. The third-order valence-electron chi connectivity index (χ3n) is 5.46. The van der Waals surface area contributed by atoms with Crippen molar-refractivity contribution < 1.29 is 23.8 Å². The van der Waals surface area contributed by atoms with Crippen molar-refractivity contribution in [1.29, 1.82) is 0 Å². The first-order valence-corrected chi connectivity index (χ1v) is 13.5. The minimum Gasteiger partial charge on any atom is -0.391 e. The number of hydrogen-bond acceptors (Lipinski definition) is 4. The second kappa shape index (κ2) is 10.5. The highest BCUT2D eigenvalue weighted by molar-refractivity contribution is 8.32. The number of amides is 3. The monoisotopic (exact) mass is 477 g/mol. The number of rotatable bonds is 7. The molecule has 9 heteroatoms. The van der Waals surface area contributed by atoms with Crippen molar-refractivity contribution in [3.8, 4) is 0 Å². The summed E-state index contributed by atoms with van der Waals surface area (Å²) in [6.45, 7) is 1.06. The van der Waals surface area contributed by atoms with Crippen LogP contribution in [0.15, 0.2) is 47.4 Å². The highest BCUT2D eigenvalue weighted by Gasteiger charge is 2.29. The fraction of sp³-hybridized carbons (Fsp3) is 0.417. The fourth-order valence-corrected chi connectivity index (χ4v) is 4.82. The first kappa shape index (κ1) is 25.0.